The highest BCUT2D eigenvalue weighted by Crippen LogP contribution is 2.06. The van der Waals surface area contributed by atoms with Crippen LogP contribution in [0.1, 0.15) is 38.4 Å². The molecule has 0 radical (unpaired) electrons. The highest BCUT2D eigenvalue weighted by atomic mass is 16.5. The summed E-state index contributed by atoms with van der Waals surface area (Å²) in [5.74, 6) is 0.203. The van der Waals surface area contributed by atoms with Gasteiger partial charge in [0.25, 0.3) is 0 Å². The molecule has 1 aromatic rings. The molecule has 5 nitrogen and oxygen atoms in total. The van der Waals surface area contributed by atoms with Gasteiger partial charge in [-0.1, -0.05) is 19.8 Å². The molecule has 116 valence electrons. The number of hydrogen-bond donors (Lipinski definition) is 0. The van der Waals surface area contributed by atoms with E-state index in [2.05, 4.69) is 11.7 Å². The number of esters is 1. The molecule has 5 heteroatoms. The molecule has 0 bridgehead atoms. The van der Waals surface area contributed by atoms with Gasteiger partial charge in [-0.05, 0) is 24.6 Å². The fraction of sp³-hybridized carbons (Fsp3) is 0.500. The highest BCUT2D eigenvalue weighted by Gasteiger charge is 2.12. The molecule has 1 rings (SSSR count). The second kappa shape index (κ2) is 9.80. The average molecular weight is 293 g/mol. The first-order chi connectivity index (χ1) is 10.2. The van der Waals surface area contributed by atoms with Crippen molar-refractivity contribution in [1.82, 2.24) is 4.90 Å². The summed E-state index contributed by atoms with van der Waals surface area (Å²) < 4.78 is 9.76. The first kappa shape index (κ1) is 17.0. The van der Waals surface area contributed by atoms with E-state index >= 15 is 0 Å². The third-order valence-electron chi connectivity index (χ3n) is 3.09. The van der Waals surface area contributed by atoms with Crippen molar-refractivity contribution in [2.24, 2.45) is 0 Å². The summed E-state index contributed by atoms with van der Waals surface area (Å²) in [6.07, 6.45) is 7.95. The molecule has 0 N–H and O–H groups in total. The van der Waals surface area contributed by atoms with Gasteiger partial charge >= 0.3 is 5.97 Å². The fourth-order valence-corrected chi connectivity index (χ4v) is 1.86. The first-order valence-corrected chi connectivity index (χ1v) is 7.24. The van der Waals surface area contributed by atoms with Gasteiger partial charge < -0.3 is 14.1 Å². The summed E-state index contributed by atoms with van der Waals surface area (Å²) >= 11 is 0. The SMILES string of the molecule is CCCCCN(CCC(=O)OC)C(=O)/C=C/c1ccco1. The van der Waals surface area contributed by atoms with E-state index in [1.807, 2.05) is 0 Å². The highest BCUT2D eigenvalue weighted by molar-refractivity contribution is 5.91. The van der Waals surface area contributed by atoms with E-state index in [0.717, 1.165) is 19.3 Å². The molecule has 0 aliphatic carbocycles. The molecular weight excluding hydrogens is 270 g/mol. The van der Waals surface area contributed by atoms with E-state index in [-0.39, 0.29) is 18.3 Å². The van der Waals surface area contributed by atoms with Crippen molar-refractivity contribution in [3.8, 4) is 0 Å². The van der Waals surface area contributed by atoms with E-state index < -0.39 is 0 Å². The van der Waals surface area contributed by atoms with Crippen LogP contribution in [0, 0.1) is 0 Å². The quantitative estimate of drug-likeness (QED) is 0.399. The predicted octanol–water partition coefficient (Wildman–Crippen LogP) is 2.87. The standard InChI is InChI=1S/C16H23NO4/c1-3-4-5-11-17(12-10-16(19)20-2)15(18)9-8-14-7-6-13-21-14/h6-9,13H,3-5,10-12H2,1-2H3/b9-8+. The zero-order valence-electron chi connectivity index (χ0n) is 12.7. The number of ether oxygens (including phenoxy) is 1. The number of carbonyl (C=O) groups is 2. The van der Waals surface area contributed by atoms with E-state index in [1.165, 1.54) is 13.2 Å². The Morgan fingerprint density at radius 1 is 1.33 bits per heavy atom. The summed E-state index contributed by atoms with van der Waals surface area (Å²) in [5, 5.41) is 0. The number of nitrogens with zero attached hydrogens (tertiary/aromatic N) is 1. The lowest BCUT2D eigenvalue weighted by Gasteiger charge is -2.20. The summed E-state index contributed by atoms with van der Waals surface area (Å²) in [7, 11) is 1.35. The molecule has 0 saturated heterocycles. The summed E-state index contributed by atoms with van der Waals surface area (Å²) in [6.45, 7) is 3.13. The zero-order valence-corrected chi connectivity index (χ0v) is 12.7. The van der Waals surface area contributed by atoms with Gasteiger partial charge in [-0.25, -0.2) is 0 Å². The van der Waals surface area contributed by atoms with Gasteiger partial charge in [0.2, 0.25) is 5.91 Å². The minimum Gasteiger partial charge on any atom is -0.469 e. The topological polar surface area (TPSA) is 59.8 Å². The van der Waals surface area contributed by atoms with Gasteiger partial charge in [-0.15, -0.1) is 0 Å². The van der Waals surface area contributed by atoms with Crippen molar-refractivity contribution in [1.29, 1.82) is 0 Å². The Bertz CT molecular complexity index is 451. The third kappa shape index (κ3) is 6.79. The third-order valence-corrected chi connectivity index (χ3v) is 3.09. The Kier molecular flexibility index (Phi) is 7.94. The maximum absolute atomic E-state index is 12.2. The minimum absolute atomic E-state index is 0.119. The molecule has 0 aromatic carbocycles. The van der Waals surface area contributed by atoms with Crippen LogP contribution in [0.15, 0.2) is 28.9 Å². The number of amides is 1. The van der Waals surface area contributed by atoms with Crippen molar-refractivity contribution < 1.29 is 18.7 Å². The number of methoxy groups -OCH3 is 1. The molecule has 0 spiro atoms. The van der Waals surface area contributed by atoms with E-state index in [0.29, 0.717) is 18.8 Å². The smallest absolute Gasteiger partial charge is 0.307 e. The lowest BCUT2D eigenvalue weighted by atomic mass is 10.2. The van der Waals surface area contributed by atoms with Crippen molar-refractivity contribution >= 4 is 18.0 Å². The fourth-order valence-electron chi connectivity index (χ4n) is 1.86. The predicted molar refractivity (Wildman–Crippen MR) is 80.5 cm³/mol. The van der Waals surface area contributed by atoms with E-state index in [4.69, 9.17) is 4.42 Å². The Hall–Kier alpha value is -2.04. The summed E-state index contributed by atoms with van der Waals surface area (Å²) in [5.41, 5.74) is 0. The molecule has 1 aromatic heterocycles. The van der Waals surface area contributed by atoms with Crippen LogP contribution in [0.4, 0.5) is 0 Å². The minimum atomic E-state index is -0.307. The van der Waals surface area contributed by atoms with Gasteiger partial charge in [0.15, 0.2) is 0 Å². The Balaban J connectivity index is 2.55. The Labute approximate surface area is 125 Å². The number of rotatable bonds is 9. The van der Waals surface area contributed by atoms with Gasteiger partial charge in [0, 0.05) is 19.2 Å². The molecule has 0 saturated carbocycles. The molecule has 0 unspecified atom stereocenters. The summed E-state index contributed by atoms with van der Waals surface area (Å²) in [6, 6.07) is 3.54. The van der Waals surface area contributed by atoms with Crippen LogP contribution in [0.3, 0.4) is 0 Å². The lowest BCUT2D eigenvalue weighted by Crippen LogP contribution is -2.32. The molecule has 0 aliphatic rings. The maximum atomic E-state index is 12.2. The molecule has 1 amide bonds. The number of carbonyl (C=O) groups excluding carboxylic acids is 2. The molecule has 21 heavy (non-hydrogen) atoms. The monoisotopic (exact) mass is 293 g/mol. The van der Waals surface area contributed by atoms with Crippen LogP contribution in [-0.4, -0.2) is 37.0 Å². The second-order valence-corrected chi connectivity index (χ2v) is 4.71. The van der Waals surface area contributed by atoms with Crippen LogP contribution in [0.5, 0.6) is 0 Å². The van der Waals surface area contributed by atoms with Gasteiger partial charge in [-0.2, -0.15) is 0 Å². The van der Waals surface area contributed by atoms with Crippen molar-refractivity contribution in [3.63, 3.8) is 0 Å². The molecule has 0 aliphatic heterocycles. The summed E-state index contributed by atoms with van der Waals surface area (Å²) in [4.78, 5) is 25.1. The van der Waals surface area contributed by atoms with Crippen molar-refractivity contribution in [3.05, 3.63) is 30.2 Å². The molecule has 0 atom stereocenters. The first-order valence-electron chi connectivity index (χ1n) is 7.24. The van der Waals surface area contributed by atoms with Crippen LogP contribution < -0.4 is 0 Å². The van der Waals surface area contributed by atoms with Crippen molar-refractivity contribution in [2.45, 2.75) is 32.6 Å². The Morgan fingerprint density at radius 2 is 2.14 bits per heavy atom. The Morgan fingerprint density at radius 3 is 2.76 bits per heavy atom. The number of furan rings is 1. The van der Waals surface area contributed by atoms with Gasteiger partial charge in [0.1, 0.15) is 5.76 Å². The van der Waals surface area contributed by atoms with E-state index in [9.17, 15) is 9.59 Å². The van der Waals surface area contributed by atoms with Crippen LogP contribution in [0.25, 0.3) is 6.08 Å². The molecule has 1 heterocycles. The number of hydrogen-bond acceptors (Lipinski definition) is 4. The van der Waals surface area contributed by atoms with Crippen LogP contribution in [0.2, 0.25) is 0 Å². The van der Waals surface area contributed by atoms with E-state index in [1.54, 1.807) is 29.4 Å². The van der Waals surface area contributed by atoms with Gasteiger partial charge in [0.05, 0.1) is 19.8 Å². The number of unbranched alkanes of at least 4 members (excludes halogenated alkanes) is 2. The lowest BCUT2D eigenvalue weighted by molar-refractivity contribution is -0.141. The van der Waals surface area contributed by atoms with Crippen molar-refractivity contribution in [2.75, 3.05) is 20.2 Å². The average Bonchev–Trinajstić information content (AvgIpc) is 3.01. The second-order valence-electron chi connectivity index (χ2n) is 4.71. The van der Waals surface area contributed by atoms with Gasteiger partial charge in [-0.3, -0.25) is 9.59 Å². The van der Waals surface area contributed by atoms with Crippen LogP contribution in [-0.2, 0) is 14.3 Å². The molecule has 0 fully saturated rings. The largest absolute Gasteiger partial charge is 0.469 e. The maximum Gasteiger partial charge on any atom is 0.307 e. The van der Waals surface area contributed by atoms with Crippen LogP contribution >= 0.6 is 0 Å². The normalized spacial score (nSPS) is 10.8. The molecular formula is C16H23NO4. The zero-order chi connectivity index (χ0) is 15.5.